The molecule has 1 aromatic carbocycles. The van der Waals surface area contributed by atoms with E-state index in [0.29, 0.717) is 6.04 Å². The fraction of sp³-hybridized carbons (Fsp3) is 0.571. The number of benzene rings is 1. The molecule has 0 aliphatic carbocycles. The van der Waals surface area contributed by atoms with Gasteiger partial charge in [0.05, 0.1) is 0 Å². The Hall–Kier alpha value is -0.670. The van der Waals surface area contributed by atoms with E-state index in [0.717, 1.165) is 12.2 Å². The molecule has 1 aromatic rings. The number of hydrogen-bond donors (Lipinski definition) is 1. The summed E-state index contributed by atoms with van der Waals surface area (Å²) in [6.45, 7) is 0. The summed E-state index contributed by atoms with van der Waals surface area (Å²) in [4.78, 5) is 0. The van der Waals surface area contributed by atoms with E-state index in [-0.39, 0.29) is 5.60 Å². The number of ether oxygens (including phenoxy) is 1. The lowest BCUT2D eigenvalue weighted by molar-refractivity contribution is 0.0236. The largest absolute Gasteiger partial charge is 0.487 e. The maximum Gasteiger partial charge on any atom is 0.124 e. The van der Waals surface area contributed by atoms with E-state index >= 15 is 0 Å². The van der Waals surface area contributed by atoms with Gasteiger partial charge >= 0.3 is 0 Å². The summed E-state index contributed by atoms with van der Waals surface area (Å²) in [6, 6.07) is 8.91. The number of nitrogens with one attached hydrogen (secondary N) is 1. The van der Waals surface area contributed by atoms with Gasteiger partial charge in [-0.15, -0.1) is 0 Å². The molecule has 0 bridgehead atoms. The highest BCUT2D eigenvalue weighted by Gasteiger charge is 2.41. The third kappa shape index (κ3) is 2.06. The van der Waals surface area contributed by atoms with E-state index in [9.17, 15) is 0 Å². The first-order valence-electron chi connectivity index (χ1n) is 6.36. The quantitative estimate of drug-likeness (QED) is 0.826. The Morgan fingerprint density at radius 1 is 1.29 bits per heavy atom. The Balaban J connectivity index is 1.94. The monoisotopic (exact) mass is 249 g/mol. The molecule has 0 saturated carbocycles. The third-order valence-electron chi connectivity index (χ3n) is 3.95. The van der Waals surface area contributed by atoms with Crippen molar-refractivity contribution >= 4 is 11.8 Å². The molecule has 2 heterocycles. The molecule has 17 heavy (non-hydrogen) atoms. The second kappa shape index (κ2) is 4.54. The fourth-order valence-corrected chi connectivity index (χ4v) is 4.16. The van der Waals surface area contributed by atoms with E-state index in [2.05, 4.69) is 48.4 Å². The Morgan fingerprint density at radius 3 is 2.82 bits per heavy atom. The lowest BCUT2D eigenvalue weighted by Crippen LogP contribution is -2.46. The molecule has 1 spiro atoms. The van der Waals surface area contributed by atoms with E-state index in [1.807, 2.05) is 0 Å². The van der Waals surface area contributed by atoms with Crippen LogP contribution >= 0.6 is 11.8 Å². The minimum absolute atomic E-state index is 0.0906. The molecule has 0 amide bonds. The van der Waals surface area contributed by atoms with Gasteiger partial charge in [0.15, 0.2) is 0 Å². The van der Waals surface area contributed by atoms with E-state index < -0.39 is 0 Å². The van der Waals surface area contributed by atoms with Crippen LogP contribution in [0.25, 0.3) is 0 Å². The molecule has 1 saturated heterocycles. The van der Waals surface area contributed by atoms with Gasteiger partial charge in [-0.1, -0.05) is 18.2 Å². The first kappa shape index (κ1) is 11.4. The van der Waals surface area contributed by atoms with Gasteiger partial charge < -0.3 is 10.1 Å². The molecule has 1 atom stereocenters. The molecule has 3 rings (SSSR count). The molecule has 2 aliphatic heterocycles. The van der Waals surface area contributed by atoms with Crippen molar-refractivity contribution in [2.24, 2.45) is 0 Å². The normalized spacial score (nSPS) is 26.3. The highest BCUT2D eigenvalue weighted by Crippen LogP contribution is 2.45. The van der Waals surface area contributed by atoms with Crippen molar-refractivity contribution in [2.45, 2.75) is 30.9 Å². The molecule has 92 valence electrons. The molecule has 2 aliphatic rings. The molecule has 1 unspecified atom stereocenters. The molecule has 2 nitrogen and oxygen atoms in total. The number of hydrogen-bond acceptors (Lipinski definition) is 3. The van der Waals surface area contributed by atoms with E-state index in [1.165, 1.54) is 29.9 Å². The Labute approximate surface area is 107 Å². The van der Waals surface area contributed by atoms with Crippen LogP contribution in [0.3, 0.4) is 0 Å². The van der Waals surface area contributed by atoms with Gasteiger partial charge in [0.2, 0.25) is 0 Å². The minimum atomic E-state index is 0.0906. The smallest absolute Gasteiger partial charge is 0.124 e. The van der Waals surface area contributed by atoms with Crippen molar-refractivity contribution in [1.82, 2.24) is 5.32 Å². The van der Waals surface area contributed by atoms with Crippen LogP contribution in [0.5, 0.6) is 5.75 Å². The number of thioether (sulfide) groups is 1. The second-order valence-corrected chi connectivity index (χ2v) is 6.21. The van der Waals surface area contributed by atoms with E-state index in [1.54, 1.807) is 0 Å². The maximum absolute atomic E-state index is 6.34. The lowest BCUT2D eigenvalue weighted by atomic mass is 9.83. The summed E-state index contributed by atoms with van der Waals surface area (Å²) < 4.78 is 6.34. The zero-order chi connectivity index (χ0) is 11.7. The number of para-hydroxylation sites is 1. The Bertz CT molecular complexity index is 401. The predicted octanol–water partition coefficient (Wildman–Crippen LogP) is 3.00. The van der Waals surface area contributed by atoms with Crippen LogP contribution in [0.1, 0.15) is 30.9 Å². The summed E-state index contributed by atoms with van der Waals surface area (Å²) in [5, 5.41) is 3.44. The Morgan fingerprint density at radius 2 is 2.06 bits per heavy atom. The minimum Gasteiger partial charge on any atom is -0.487 e. The maximum atomic E-state index is 6.34. The van der Waals surface area contributed by atoms with Crippen LogP contribution in [-0.2, 0) is 0 Å². The first-order chi connectivity index (χ1) is 8.33. The molecule has 0 aromatic heterocycles. The van der Waals surface area contributed by atoms with E-state index in [4.69, 9.17) is 4.74 Å². The summed E-state index contributed by atoms with van der Waals surface area (Å²) >= 11 is 2.05. The Kier molecular flexibility index (Phi) is 3.05. The zero-order valence-electron chi connectivity index (χ0n) is 10.2. The van der Waals surface area contributed by atoms with Crippen molar-refractivity contribution in [2.75, 3.05) is 18.6 Å². The van der Waals surface area contributed by atoms with Gasteiger partial charge in [0, 0.05) is 18.0 Å². The number of rotatable bonds is 1. The van der Waals surface area contributed by atoms with Crippen molar-refractivity contribution in [3.8, 4) is 5.75 Å². The van der Waals surface area contributed by atoms with Gasteiger partial charge in [0.25, 0.3) is 0 Å². The third-order valence-corrected chi connectivity index (χ3v) is 4.94. The van der Waals surface area contributed by atoms with Crippen LogP contribution in [-0.4, -0.2) is 24.2 Å². The average Bonchev–Trinajstić information content (AvgIpc) is 2.38. The van der Waals surface area contributed by atoms with Gasteiger partial charge in [-0.2, -0.15) is 11.8 Å². The SMILES string of the molecule is CNC1CC2(CCSCC2)Oc2ccccc21. The van der Waals surface area contributed by atoms with Gasteiger partial charge in [0.1, 0.15) is 11.4 Å². The van der Waals surface area contributed by atoms with Crippen molar-refractivity contribution < 1.29 is 4.74 Å². The van der Waals surface area contributed by atoms with Crippen LogP contribution in [0.2, 0.25) is 0 Å². The lowest BCUT2D eigenvalue weighted by Gasteiger charge is -2.44. The molecule has 1 fully saturated rings. The summed E-state index contributed by atoms with van der Waals surface area (Å²) in [6.07, 6.45) is 3.48. The van der Waals surface area contributed by atoms with Crippen LogP contribution < -0.4 is 10.1 Å². The summed E-state index contributed by atoms with van der Waals surface area (Å²) in [5.41, 5.74) is 1.41. The molecular weight excluding hydrogens is 230 g/mol. The van der Waals surface area contributed by atoms with Gasteiger partial charge in [-0.25, -0.2) is 0 Å². The predicted molar refractivity (Wildman–Crippen MR) is 72.8 cm³/mol. The zero-order valence-corrected chi connectivity index (χ0v) is 11.1. The molecule has 0 radical (unpaired) electrons. The second-order valence-electron chi connectivity index (χ2n) is 4.98. The van der Waals surface area contributed by atoms with Crippen molar-refractivity contribution in [1.29, 1.82) is 0 Å². The van der Waals surface area contributed by atoms with Crippen molar-refractivity contribution in [3.05, 3.63) is 29.8 Å². The standard InChI is InChI=1S/C14H19NOS/c1-15-12-10-14(6-8-17-9-7-14)16-13-5-3-2-4-11(12)13/h2-5,12,15H,6-10H2,1H3. The van der Waals surface area contributed by atoms with Crippen molar-refractivity contribution in [3.63, 3.8) is 0 Å². The fourth-order valence-electron chi connectivity index (χ4n) is 2.93. The topological polar surface area (TPSA) is 21.3 Å². The number of fused-ring (bicyclic) bond motifs is 1. The van der Waals surface area contributed by atoms with Crippen LogP contribution in [0.4, 0.5) is 0 Å². The van der Waals surface area contributed by atoms with Gasteiger partial charge in [-0.3, -0.25) is 0 Å². The molecular formula is C14H19NOS. The summed E-state index contributed by atoms with van der Waals surface area (Å²) in [7, 11) is 2.05. The molecule has 3 heteroatoms. The summed E-state index contributed by atoms with van der Waals surface area (Å²) in [5.74, 6) is 3.56. The highest BCUT2D eigenvalue weighted by molar-refractivity contribution is 7.99. The van der Waals surface area contributed by atoms with Crippen LogP contribution in [0, 0.1) is 0 Å². The van der Waals surface area contributed by atoms with Gasteiger partial charge in [-0.05, 0) is 37.5 Å². The average molecular weight is 249 g/mol. The highest BCUT2D eigenvalue weighted by atomic mass is 32.2. The van der Waals surface area contributed by atoms with Crippen LogP contribution in [0.15, 0.2) is 24.3 Å². The molecule has 1 N–H and O–H groups in total. The first-order valence-corrected chi connectivity index (χ1v) is 7.51.